The summed E-state index contributed by atoms with van der Waals surface area (Å²) in [6.45, 7) is 4.77. The van der Waals surface area contributed by atoms with Crippen LogP contribution in [-0.2, 0) is 4.79 Å². The Morgan fingerprint density at radius 2 is 2.18 bits per heavy atom. The highest BCUT2D eigenvalue weighted by atomic mass is 16.1. The van der Waals surface area contributed by atoms with Gasteiger partial charge in [-0.05, 0) is 12.8 Å². The van der Waals surface area contributed by atoms with E-state index in [0.29, 0.717) is 6.42 Å². The van der Waals surface area contributed by atoms with Gasteiger partial charge >= 0.3 is 0 Å². The van der Waals surface area contributed by atoms with E-state index in [1.54, 1.807) is 0 Å². The molecule has 0 bridgehead atoms. The van der Waals surface area contributed by atoms with Crippen molar-refractivity contribution in [3.8, 4) is 0 Å². The van der Waals surface area contributed by atoms with Crippen LogP contribution in [0, 0.1) is 0 Å². The maximum Gasteiger partial charge on any atom is 0.221 e. The predicted molar refractivity (Wildman–Crippen MR) is 46.2 cm³/mol. The molecule has 0 aromatic rings. The van der Waals surface area contributed by atoms with Gasteiger partial charge in [0.15, 0.2) is 0 Å². The Balaban J connectivity index is 3.36. The summed E-state index contributed by atoms with van der Waals surface area (Å²) in [5.41, 5.74) is 5.58. The Bertz CT molecular complexity index is 115. The van der Waals surface area contributed by atoms with Crippen LogP contribution in [0.1, 0.15) is 33.1 Å². The molecule has 0 saturated carbocycles. The lowest BCUT2D eigenvalue weighted by Crippen LogP contribution is -2.31. The van der Waals surface area contributed by atoms with Gasteiger partial charge in [-0.15, -0.1) is 0 Å². The van der Waals surface area contributed by atoms with Gasteiger partial charge in [-0.1, -0.05) is 13.8 Å². The monoisotopic (exact) mass is 158 g/mol. The van der Waals surface area contributed by atoms with Crippen molar-refractivity contribution in [1.82, 2.24) is 5.32 Å². The van der Waals surface area contributed by atoms with E-state index in [1.807, 2.05) is 13.8 Å². The first-order chi connectivity index (χ1) is 5.20. The molecule has 1 unspecified atom stereocenters. The SMILES string of the molecule is CCCNC(=O)CC(N)CC. The zero-order valence-corrected chi connectivity index (χ0v) is 7.39. The molecule has 0 aromatic carbocycles. The van der Waals surface area contributed by atoms with Crippen molar-refractivity contribution in [2.24, 2.45) is 5.73 Å². The van der Waals surface area contributed by atoms with Crippen LogP contribution in [0.15, 0.2) is 0 Å². The maximum absolute atomic E-state index is 11.0. The van der Waals surface area contributed by atoms with Crippen molar-refractivity contribution >= 4 is 5.91 Å². The first-order valence-corrected chi connectivity index (χ1v) is 4.23. The van der Waals surface area contributed by atoms with Crippen molar-refractivity contribution in [2.75, 3.05) is 6.54 Å². The van der Waals surface area contributed by atoms with Crippen molar-refractivity contribution < 1.29 is 4.79 Å². The van der Waals surface area contributed by atoms with Gasteiger partial charge in [0.05, 0.1) is 0 Å². The highest BCUT2D eigenvalue weighted by Crippen LogP contribution is 1.92. The minimum Gasteiger partial charge on any atom is -0.356 e. The van der Waals surface area contributed by atoms with Crippen LogP contribution in [0.25, 0.3) is 0 Å². The normalized spacial score (nSPS) is 12.6. The van der Waals surface area contributed by atoms with E-state index < -0.39 is 0 Å². The molecule has 0 aromatic heterocycles. The van der Waals surface area contributed by atoms with Gasteiger partial charge in [0, 0.05) is 19.0 Å². The van der Waals surface area contributed by atoms with Gasteiger partial charge in [0.2, 0.25) is 5.91 Å². The number of hydrogen-bond acceptors (Lipinski definition) is 2. The fraction of sp³-hybridized carbons (Fsp3) is 0.875. The van der Waals surface area contributed by atoms with E-state index in [4.69, 9.17) is 5.73 Å². The molecule has 66 valence electrons. The summed E-state index contributed by atoms with van der Waals surface area (Å²) >= 11 is 0. The molecule has 0 saturated heterocycles. The van der Waals surface area contributed by atoms with E-state index >= 15 is 0 Å². The minimum absolute atomic E-state index is 0.0202. The highest BCUT2D eigenvalue weighted by molar-refractivity contribution is 5.76. The van der Waals surface area contributed by atoms with Crippen molar-refractivity contribution in [3.63, 3.8) is 0 Å². The second kappa shape index (κ2) is 6.16. The van der Waals surface area contributed by atoms with Crippen molar-refractivity contribution in [1.29, 1.82) is 0 Å². The van der Waals surface area contributed by atoms with Crippen LogP contribution in [0.4, 0.5) is 0 Å². The number of carbonyl (C=O) groups is 1. The second-order valence-electron chi connectivity index (χ2n) is 2.72. The summed E-state index contributed by atoms with van der Waals surface area (Å²) in [6, 6.07) is 0.0202. The fourth-order valence-electron chi connectivity index (χ4n) is 0.719. The van der Waals surface area contributed by atoms with E-state index in [-0.39, 0.29) is 11.9 Å². The molecule has 0 radical (unpaired) electrons. The van der Waals surface area contributed by atoms with Gasteiger partial charge in [-0.3, -0.25) is 4.79 Å². The third-order valence-corrected chi connectivity index (χ3v) is 1.54. The molecule has 3 N–H and O–H groups in total. The zero-order valence-electron chi connectivity index (χ0n) is 7.39. The smallest absolute Gasteiger partial charge is 0.221 e. The summed E-state index contributed by atoms with van der Waals surface area (Å²) in [4.78, 5) is 11.0. The second-order valence-corrected chi connectivity index (χ2v) is 2.72. The number of carbonyl (C=O) groups excluding carboxylic acids is 1. The van der Waals surface area contributed by atoms with Gasteiger partial charge in [0.1, 0.15) is 0 Å². The van der Waals surface area contributed by atoms with E-state index in [1.165, 1.54) is 0 Å². The van der Waals surface area contributed by atoms with Crippen molar-refractivity contribution in [2.45, 2.75) is 39.2 Å². The molecule has 0 fully saturated rings. The maximum atomic E-state index is 11.0. The molecule has 0 heterocycles. The summed E-state index contributed by atoms with van der Waals surface area (Å²) in [5.74, 6) is 0.0706. The molecule has 3 nitrogen and oxygen atoms in total. The van der Waals surface area contributed by atoms with Crippen LogP contribution < -0.4 is 11.1 Å². The predicted octanol–water partition coefficient (Wildman–Crippen LogP) is 0.640. The van der Waals surface area contributed by atoms with Gasteiger partial charge < -0.3 is 11.1 Å². The average molecular weight is 158 g/mol. The van der Waals surface area contributed by atoms with Crippen LogP contribution in [0.3, 0.4) is 0 Å². The van der Waals surface area contributed by atoms with Crippen molar-refractivity contribution in [3.05, 3.63) is 0 Å². The lowest BCUT2D eigenvalue weighted by atomic mass is 10.1. The third-order valence-electron chi connectivity index (χ3n) is 1.54. The standard InChI is InChI=1S/C8H18N2O/c1-3-5-10-8(11)6-7(9)4-2/h7H,3-6,9H2,1-2H3,(H,10,11). The van der Waals surface area contributed by atoms with Crippen LogP contribution in [0.5, 0.6) is 0 Å². The molecular formula is C8H18N2O. The Kier molecular flexibility index (Phi) is 5.84. The van der Waals surface area contributed by atoms with Crippen LogP contribution in [-0.4, -0.2) is 18.5 Å². The Morgan fingerprint density at radius 3 is 2.64 bits per heavy atom. The minimum atomic E-state index is 0.0202. The average Bonchev–Trinajstić information content (AvgIpc) is 2.00. The van der Waals surface area contributed by atoms with Gasteiger partial charge in [-0.25, -0.2) is 0 Å². The van der Waals surface area contributed by atoms with Gasteiger partial charge in [-0.2, -0.15) is 0 Å². The number of nitrogens with two attached hydrogens (primary N) is 1. The number of rotatable bonds is 5. The van der Waals surface area contributed by atoms with Crippen LogP contribution in [0.2, 0.25) is 0 Å². The van der Waals surface area contributed by atoms with E-state index in [9.17, 15) is 4.79 Å². The molecule has 1 amide bonds. The Labute approximate surface area is 68.3 Å². The first kappa shape index (κ1) is 10.4. The molecule has 0 spiro atoms. The molecule has 0 rings (SSSR count). The summed E-state index contributed by atoms with van der Waals surface area (Å²) in [5, 5.41) is 2.78. The lowest BCUT2D eigenvalue weighted by Gasteiger charge is -2.07. The molecule has 0 aliphatic rings. The first-order valence-electron chi connectivity index (χ1n) is 4.23. The van der Waals surface area contributed by atoms with E-state index in [0.717, 1.165) is 19.4 Å². The summed E-state index contributed by atoms with van der Waals surface area (Å²) in [7, 11) is 0. The number of hydrogen-bond donors (Lipinski definition) is 2. The number of nitrogens with one attached hydrogen (secondary N) is 1. The van der Waals surface area contributed by atoms with Crippen LogP contribution >= 0.6 is 0 Å². The quantitative estimate of drug-likeness (QED) is 0.617. The molecule has 1 atom stereocenters. The third kappa shape index (κ3) is 5.85. The highest BCUT2D eigenvalue weighted by Gasteiger charge is 2.05. The van der Waals surface area contributed by atoms with E-state index in [2.05, 4.69) is 5.32 Å². The fourth-order valence-corrected chi connectivity index (χ4v) is 0.719. The summed E-state index contributed by atoms with van der Waals surface area (Å²) in [6.07, 6.45) is 2.29. The zero-order chi connectivity index (χ0) is 8.69. The molecule has 0 aliphatic carbocycles. The largest absolute Gasteiger partial charge is 0.356 e. The lowest BCUT2D eigenvalue weighted by molar-refractivity contribution is -0.121. The molecule has 11 heavy (non-hydrogen) atoms. The molecule has 3 heteroatoms. The number of amides is 1. The molecular weight excluding hydrogens is 140 g/mol. The topological polar surface area (TPSA) is 55.1 Å². The summed E-state index contributed by atoms with van der Waals surface area (Å²) < 4.78 is 0. The Morgan fingerprint density at radius 1 is 1.55 bits per heavy atom. The Hall–Kier alpha value is -0.570. The molecule has 0 aliphatic heterocycles. The van der Waals surface area contributed by atoms with Gasteiger partial charge in [0.25, 0.3) is 0 Å².